The quantitative estimate of drug-likeness (QED) is 0.873. The van der Waals surface area contributed by atoms with Crippen molar-refractivity contribution in [3.63, 3.8) is 0 Å². The molecule has 0 aromatic heterocycles. The number of nitrogens with zero attached hydrogens (tertiary/aromatic N) is 1. The molecular formula is C18H29NO2. The van der Waals surface area contributed by atoms with E-state index in [1.807, 2.05) is 12.1 Å². The number of aliphatic hydroxyl groups excluding tert-OH is 1. The van der Waals surface area contributed by atoms with Crippen molar-refractivity contribution in [2.45, 2.75) is 58.1 Å². The number of rotatable bonds is 6. The lowest BCUT2D eigenvalue weighted by atomic mass is 9.94. The molecule has 1 fully saturated rings. The van der Waals surface area contributed by atoms with Crippen molar-refractivity contribution in [2.24, 2.45) is 0 Å². The Morgan fingerprint density at radius 3 is 2.67 bits per heavy atom. The summed E-state index contributed by atoms with van der Waals surface area (Å²) >= 11 is 0. The summed E-state index contributed by atoms with van der Waals surface area (Å²) in [4.78, 5) is 2.30. The summed E-state index contributed by atoms with van der Waals surface area (Å²) in [6.45, 7) is 5.19. The lowest BCUT2D eigenvalue weighted by Crippen LogP contribution is -2.40. The van der Waals surface area contributed by atoms with Gasteiger partial charge in [-0.15, -0.1) is 0 Å². The first-order chi connectivity index (χ1) is 10.1. The van der Waals surface area contributed by atoms with Gasteiger partial charge < -0.3 is 14.7 Å². The molecular weight excluding hydrogens is 262 g/mol. The third-order valence-corrected chi connectivity index (χ3v) is 4.68. The van der Waals surface area contributed by atoms with Crippen LogP contribution in [0, 0.1) is 13.8 Å². The Bertz CT molecular complexity index is 441. The third-order valence-electron chi connectivity index (χ3n) is 4.68. The van der Waals surface area contributed by atoms with Gasteiger partial charge in [-0.05, 0) is 50.9 Å². The van der Waals surface area contributed by atoms with Crippen molar-refractivity contribution < 1.29 is 9.84 Å². The van der Waals surface area contributed by atoms with Crippen molar-refractivity contribution >= 4 is 0 Å². The molecule has 0 amide bonds. The monoisotopic (exact) mass is 291 g/mol. The minimum atomic E-state index is -0.433. The maximum atomic E-state index is 10.2. The molecule has 0 unspecified atom stereocenters. The van der Waals surface area contributed by atoms with Crippen molar-refractivity contribution in [3.8, 4) is 5.75 Å². The highest BCUT2D eigenvalue weighted by Crippen LogP contribution is 2.22. The molecule has 0 spiro atoms. The van der Waals surface area contributed by atoms with Gasteiger partial charge in [-0.3, -0.25) is 0 Å². The van der Waals surface area contributed by atoms with Crippen LogP contribution in [0.4, 0.5) is 0 Å². The second-order valence-corrected chi connectivity index (χ2v) is 6.39. The highest BCUT2D eigenvalue weighted by molar-refractivity contribution is 5.38. The van der Waals surface area contributed by atoms with E-state index in [4.69, 9.17) is 4.74 Å². The van der Waals surface area contributed by atoms with Gasteiger partial charge in [0.05, 0.1) is 0 Å². The van der Waals surface area contributed by atoms with E-state index in [0.29, 0.717) is 19.2 Å². The van der Waals surface area contributed by atoms with Crippen LogP contribution >= 0.6 is 0 Å². The molecule has 0 bridgehead atoms. The van der Waals surface area contributed by atoms with Gasteiger partial charge >= 0.3 is 0 Å². The zero-order valence-electron chi connectivity index (χ0n) is 13.6. The standard InChI is InChI=1S/C18H29NO2/c1-14-8-7-11-18(15(14)2)21-13-17(20)12-19(3)16-9-5-4-6-10-16/h7-8,11,16-17,20H,4-6,9-10,12-13H2,1-3H3/t17-/m0/s1. The molecule has 0 heterocycles. The number of aryl methyl sites for hydroxylation is 1. The van der Waals surface area contributed by atoms with E-state index < -0.39 is 6.10 Å². The second kappa shape index (κ2) is 7.81. The molecule has 0 saturated heterocycles. The predicted octanol–water partition coefficient (Wildman–Crippen LogP) is 3.31. The van der Waals surface area contributed by atoms with Gasteiger partial charge in [-0.25, -0.2) is 0 Å². The van der Waals surface area contributed by atoms with Crippen LogP contribution in [0.2, 0.25) is 0 Å². The van der Waals surface area contributed by atoms with Crippen molar-refractivity contribution in [1.82, 2.24) is 4.90 Å². The molecule has 3 heteroatoms. The fraction of sp³-hybridized carbons (Fsp3) is 0.667. The number of benzene rings is 1. The van der Waals surface area contributed by atoms with Crippen LogP contribution < -0.4 is 4.74 Å². The Hall–Kier alpha value is -1.06. The number of aliphatic hydroxyl groups is 1. The van der Waals surface area contributed by atoms with E-state index in [1.165, 1.54) is 37.7 Å². The zero-order chi connectivity index (χ0) is 15.2. The topological polar surface area (TPSA) is 32.7 Å². The first kappa shape index (κ1) is 16.3. The van der Waals surface area contributed by atoms with Crippen LogP contribution in [0.3, 0.4) is 0 Å². The summed E-state index contributed by atoms with van der Waals surface area (Å²) in [5, 5.41) is 10.2. The smallest absolute Gasteiger partial charge is 0.122 e. The fourth-order valence-electron chi connectivity index (χ4n) is 3.12. The van der Waals surface area contributed by atoms with E-state index >= 15 is 0 Å². The van der Waals surface area contributed by atoms with E-state index in [0.717, 1.165) is 11.3 Å². The van der Waals surface area contributed by atoms with E-state index in [9.17, 15) is 5.11 Å². The van der Waals surface area contributed by atoms with Crippen LogP contribution in [-0.2, 0) is 0 Å². The Labute approximate surface area is 128 Å². The van der Waals surface area contributed by atoms with Gasteiger partial charge in [0.25, 0.3) is 0 Å². The largest absolute Gasteiger partial charge is 0.491 e. The molecule has 1 aliphatic carbocycles. The van der Waals surface area contributed by atoms with Crippen molar-refractivity contribution in [1.29, 1.82) is 0 Å². The maximum Gasteiger partial charge on any atom is 0.122 e. The molecule has 21 heavy (non-hydrogen) atoms. The summed E-state index contributed by atoms with van der Waals surface area (Å²) in [6, 6.07) is 6.68. The van der Waals surface area contributed by atoms with Crippen LogP contribution in [0.25, 0.3) is 0 Å². The first-order valence-corrected chi connectivity index (χ1v) is 8.15. The Kier molecular flexibility index (Phi) is 6.07. The van der Waals surface area contributed by atoms with Crippen LogP contribution in [-0.4, -0.2) is 42.4 Å². The highest BCUT2D eigenvalue weighted by Gasteiger charge is 2.20. The summed E-state index contributed by atoms with van der Waals surface area (Å²) in [7, 11) is 2.12. The molecule has 1 N–H and O–H groups in total. The van der Waals surface area contributed by atoms with Gasteiger partial charge in [0, 0.05) is 12.6 Å². The minimum absolute atomic E-state index is 0.362. The molecule has 3 nitrogen and oxygen atoms in total. The number of hydrogen-bond donors (Lipinski definition) is 1. The SMILES string of the molecule is Cc1cccc(OC[C@@H](O)CN(C)C2CCCCC2)c1C. The van der Waals surface area contributed by atoms with Crippen molar-refractivity contribution in [2.75, 3.05) is 20.2 Å². The van der Waals surface area contributed by atoms with Gasteiger partial charge in [-0.1, -0.05) is 31.4 Å². The number of ether oxygens (including phenoxy) is 1. The average Bonchev–Trinajstić information content (AvgIpc) is 2.49. The highest BCUT2D eigenvalue weighted by atomic mass is 16.5. The molecule has 1 aliphatic rings. The lowest BCUT2D eigenvalue weighted by Gasteiger charge is -2.32. The lowest BCUT2D eigenvalue weighted by molar-refractivity contribution is 0.0559. The van der Waals surface area contributed by atoms with Gasteiger partial charge in [0.15, 0.2) is 0 Å². The van der Waals surface area contributed by atoms with E-state index in [-0.39, 0.29) is 0 Å². The normalized spacial score (nSPS) is 18.0. The maximum absolute atomic E-state index is 10.2. The average molecular weight is 291 g/mol. The molecule has 0 aliphatic heterocycles. The fourth-order valence-corrected chi connectivity index (χ4v) is 3.12. The molecule has 2 rings (SSSR count). The predicted molar refractivity (Wildman–Crippen MR) is 86.9 cm³/mol. The third kappa shape index (κ3) is 4.72. The van der Waals surface area contributed by atoms with E-state index in [1.54, 1.807) is 0 Å². The molecule has 1 atom stereocenters. The Balaban J connectivity index is 1.78. The zero-order valence-corrected chi connectivity index (χ0v) is 13.6. The molecule has 1 aromatic rings. The summed E-state index contributed by atoms with van der Waals surface area (Å²) in [5.41, 5.74) is 2.38. The summed E-state index contributed by atoms with van der Waals surface area (Å²) in [6.07, 6.45) is 6.11. The van der Waals surface area contributed by atoms with Gasteiger partial charge in [0.2, 0.25) is 0 Å². The molecule has 0 radical (unpaired) electrons. The van der Waals surface area contributed by atoms with Gasteiger partial charge in [0.1, 0.15) is 18.5 Å². The van der Waals surface area contributed by atoms with E-state index in [2.05, 4.69) is 31.9 Å². The van der Waals surface area contributed by atoms with Crippen LogP contribution in [0.5, 0.6) is 5.75 Å². The Morgan fingerprint density at radius 1 is 1.24 bits per heavy atom. The van der Waals surface area contributed by atoms with Gasteiger partial charge in [-0.2, -0.15) is 0 Å². The molecule has 1 saturated carbocycles. The number of hydrogen-bond acceptors (Lipinski definition) is 3. The molecule has 118 valence electrons. The Morgan fingerprint density at radius 2 is 1.95 bits per heavy atom. The first-order valence-electron chi connectivity index (χ1n) is 8.15. The van der Waals surface area contributed by atoms with Crippen LogP contribution in [0.15, 0.2) is 18.2 Å². The summed E-state index contributed by atoms with van der Waals surface area (Å²) < 4.78 is 5.79. The van der Waals surface area contributed by atoms with Crippen molar-refractivity contribution in [3.05, 3.63) is 29.3 Å². The van der Waals surface area contributed by atoms with Crippen LogP contribution in [0.1, 0.15) is 43.2 Å². The number of likely N-dealkylation sites (N-methyl/N-ethyl adjacent to an activating group) is 1. The second-order valence-electron chi connectivity index (χ2n) is 6.39. The summed E-state index contributed by atoms with van der Waals surface area (Å²) in [5.74, 6) is 0.884. The molecule has 1 aromatic carbocycles. The minimum Gasteiger partial charge on any atom is -0.491 e.